The molecule has 0 aliphatic heterocycles. The molecule has 0 bridgehead atoms. The number of nitrogens with one attached hydrogen (secondary N) is 2. The van der Waals surface area contributed by atoms with Crippen LogP contribution in [0.4, 0.5) is 5.69 Å². The van der Waals surface area contributed by atoms with Gasteiger partial charge in [-0.1, -0.05) is 38.5 Å². The fraction of sp³-hybridized carbons (Fsp3) is 0.429. The van der Waals surface area contributed by atoms with Gasteiger partial charge in [0.25, 0.3) is 0 Å². The van der Waals surface area contributed by atoms with Crippen LogP contribution in [0, 0.1) is 12.8 Å². The number of hydrogen-bond acceptors (Lipinski definition) is 5. The third-order valence-electron chi connectivity index (χ3n) is 4.82. The van der Waals surface area contributed by atoms with Crippen molar-refractivity contribution in [3.8, 4) is 0 Å². The number of aliphatic imine (C=N–C) groups is 2. The van der Waals surface area contributed by atoms with E-state index in [-0.39, 0.29) is 0 Å². The molecule has 1 aliphatic carbocycles. The van der Waals surface area contributed by atoms with Crippen LogP contribution in [-0.4, -0.2) is 25.6 Å². The van der Waals surface area contributed by atoms with E-state index < -0.39 is 0 Å². The van der Waals surface area contributed by atoms with Gasteiger partial charge in [0.05, 0.1) is 12.2 Å². The lowest BCUT2D eigenvalue weighted by Gasteiger charge is -2.29. The molecule has 1 aromatic rings. The molecule has 0 amide bonds. The maximum absolute atomic E-state index is 5.95. The van der Waals surface area contributed by atoms with Crippen molar-refractivity contribution in [1.82, 2.24) is 5.32 Å². The molecule has 2 unspecified atom stereocenters. The Morgan fingerprint density at radius 1 is 1.35 bits per heavy atom. The minimum absolute atomic E-state index is 0.405. The number of aryl methyl sites for hydroxylation is 1. The average molecular weight is 354 g/mol. The van der Waals surface area contributed by atoms with E-state index in [4.69, 9.17) is 5.73 Å². The van der Waals surface area contributed by atoms with Crippen molar-refractivity contribution >= 4 is 18.6 Å². The fourth-order valence-corrected chi connectivity index (χ4v) is 3.27. The van der Waals surface area contributed by atoms with Gasteiger partial charge >= 0.3 is 0 Å². The maximum Gasteiger partial charge on any atom is 0.140 e. The largest absolute Gasteiger partial charge is 0.399 e. The van der Waals surface area contributed by atoms with E-state index in [0.717, 1.165) is 11.3 Å². The van der Waals surface area contributed by atoms with Crippen LogP contribution in [0.1, 0.15) is 38.2 Å². The molecule has 0 radical (unpaired) electrons. The van der Waals surface area contributed by atoms with E-state index in [9.17, 15) is 0 Å². The quantitative estimate of drug-likeness (QED) is 0.489. The van der Waals surface area contributed by atoms with E-state index in [2.05, 4.69) is 40.8 Å². The smallest absolute Gasteiger partial charge is 0.140 e. The van der Waals surface area contributed by atoms with Gasteiger partial charge < -0.3 is 11.1 Å². The Hall–Kier alpha value is -2.40. The Morgan fingerprint density at radius 2 is 2.12 bits per heavy atom. The summed E-state index contributed by atoms with van der Waals surface area (Å²) in [5, 5.41) is 6.77. The third-order valence-corrected chi connectivity index (χ3v) is 4.82. The van der Waals surface area contributed by atoms with Crippen molar-refractivity contribution in [2.24, 2.45) is 21.6 Å². The average Bonchev–Trinajstić information content (AvgIpc) is 2.61. The second-order valence-corrected chi connectivity index (χ2v) is 6.98. The third kappa shape index (κ3) is 5.85. The minimum Gasteiger partial charge on any atom is -0.399 e. The summed E-state index contributed by atoms with van der Waals surface area (Å²) in [6, 6.07) is 8.57. The van der Waals surface area contributed by atoms with Gasteiger partial charge in [-0.05, 0) is 50.1 Å². The first-order chi connectivity index (χ1) is 12.5. The monoisotopic (exact) mass is 353 g/mol. The molecule has 4 N–H and O–H groups in total. The van der Waals surface area contributed by atoms with E-state index in [0.29, 0.717) is 35.7 Å². The maximum atomic E-state index is 5.95. The molecule has 0 spiro atoms. The second-order valence-electron chi connectivity index (χ2n) is 6.98. The molecule has 2 atom stereocenters. The number of nitrogens with two attached hydrogens (primary N) is 1. The molecule has 0 aromatic heterocycles. The van der Waals surface area contributed by atoms with E-state index in [1.165, 1.54) is 25.7 Å². The first kappa shape index (κ1) is 19.9. The van der Waals surface area contributed by atoms with Crippen molar-refractivity contribution in [3.05, 3.63) is 53.5 Å². The highest BCUT2D eigenvalue weighted by molar-refractivity contribution is 5.86. The lowest BCUT2D eigenvalue weighted by Crippen LogP contribution is -2.37. The normalized spacial score (nSPS) is 21.3. The van der Waals surface area contributed by atoms with Crippen LogP contribution in [0.2, 0.25) is 0 Å². The Balaban J connectivity index is 2.05. The first-order valence-electron chi connectivity index (χ1n) is 9.24. The van der Waals surface area contributed by atoms with Crippen molar-refractivity contribution in [2.75, 3.05) is 12.0 Å². The second kappa shape index (κ2) is 9.92. The molecule has 0 saturated heterocycles. The van der Waals surface area contributed by atoms with Crippen LogP contribution < -0.4 is 16.4 Å². The summed E-state index contributed by atoms with van der Waals surface area (Å²) >= 11 is 0. The number of hydrogen-bond donors (Lipinski definition) is 3. The van der Waals surface area contributed by atoms with Crippen LogP contribution in [-0.2, 0) is 0 Å². The Kier molecular flexibility index (Phi) is 7.60. The van der Waals surface area contributed by atoms with Crippen molar-refractivity contribution < 1.29 is 0 Å². The van der Waals surface area contributed by atoms with Gasteiger partial charge in [0.1, 0.15) is 5.82 Å². The molecular weight excluding hydrogens is 322 g/mol. The number of nitrogens with zero attached hydrogens (tertiary/aromatic N) is 2. The molecule has 140 valence electrons. The summed E-state index contributed by atoms with van der Waals surface area (Å²) in [6.07, 6.45) is 6.85. The van der Waals surface area contributed by atoms with Crippen LogP contribution in [0.5, 0.6) is 0 Å². The lowest BCUT2D eigenvalue weighted by molar-refractivity contribution is 0.284. The lowest BCUT2D eigenvalue weighted by atomic mass is 9.86. The highest BCUT2D eigenvalue weighted by Crippen LogP contribution is 2.23. The summed E-state index contributed by atoms with van der Waals surface area (Å²) < 4.78 is 0. The molecule has 1 aliphatic rings. The van der Waals surface area contributed by atoms with Gasteiger partial charge in [-0.15, -0.1) is 0 Å². The van der Waals surface area contributed by atoms with E-state index >= 15 is 0 Å². The van der Waals surface area contributed by atoms with Crippen LogP contribution >= 0.6 is 0 Å². The van der Waals surface area contributed by atoms with Crippen LogP contribution in [0.3, 0.4) is 0 Å². The van der Waals surface area contributed by atoms with Crippen LogP contribution in [0.25, 0.3) is 0 Å². The topological polar surface area (TPSA) is 74.8 Å². The zero-order valence-corrected chi connectivity index (χ0v) is 16.0. The molecule has 2 rings (SSSR count). The van der Waals surface area contributed by atoms with Gasteiger partial charge in [-0.2, -0.15) is 0 Å². The Labute approximate surface area is 157 Å². The molecule has 0 heterocycles. The Morgan fingerprint density at radius 3 is 2.77 bits per heavy atom. The summed E-state index contributed by atoms with van der Waals surface area (Å²) in [6.45, 7) is 12.4. The zero-order chi connectivity index (χ0) is 18.9. The molecule has 1 fully saturated rings. The van der Waals surface area contributed by atoms with Crippen LogP contribution in [0.15, 0.2) is 57.9 Å². The molecular formula is C21H31N5. The number of benzene rings is 1. The van der Waals surface area contributed by atoms with E-state index in [1.807, 2.05) is 31.2 Å². The Bertz CT molecular complexity index is 689. The standard InChI is InChI=1S/C21H31N5/c1-15-8-7-10-18(12-15)26-21(23-4)19(17(3)22)13-24-14-25-20-11-6-5-9-16(20)2/h7-8,10,12-13,16,20,25-26H,3-6,9,11,14,22H2,1-2H3/b21-19-,24-13-. The fourth-order valence-electron chi connectivity index (χ4n) is 3.27. The zero-order valence-electron chi connectivity index (χ0n) is 16.0. The van der Waals surface area contributed by atoms with Crippen molar-refractivity contribution in [2.45, 2.75) is 45.6 Å². The predicted molar refractivity (Wildman–Crippen MR) is 113 cm³/mol. The summed E-state index contributed by atoms with van der Waals surface area (Å²) in [5.41, 5.74) is 9.09. The van der Waals surface area contributed by atoms with Gasteiger partial charge in [-0.25, -0.2) is 4.99 Å². The highest BCUT2D eigenvalue weighted by atomic mass is 15.0. The molecule has 1 aromatic carbocycles. The van der Waals surface area contributed by atoms with Crippen molar-refractivity contribution in [3.63, 3.8) is 0 Å². The van der Waals surface area contributed by atoms with Gasteiger partial charge in [-0.3, -0.25) is 10.3 Å². The summed E-state index contributed by atoms with van der Waals surface area (Å²) in [5.74, 6) is 1.25. The molecule has 5 heteroatoms. The van der Waals surface area contributed by atoms with Gasteiger partial charge in [0.15, 0.2) is 0 Å². The molecule has 26 heavy (non-hydrogen) atoms. The van der Waals surface area contributed by atoms with Gasteiger partial charge in [0.2, 0.25) is 0 Å². The predicted octanol–water partition coefficient (Wildman–Crippen LogP) is 3.99. The van der Waals surface area contributed by atoms with Gasteiger partial charge in [0, 0.05) is 23.6 Å². The van der Waals surface area contributed by atoms with E-state index in [1.54, 1.807) is 6.21 Å². The first-order valence-corrected chi connectivity index (χ1v) is 9.24. The van der Waals surface area contributed by atoms with Crippen molar-refractivity contribution in [1.29, 1.82) is 0 Å². The summed E-state index contributed by atoms with van der Waals surface area (Å²) in [7, 11) is 0. The highest BCUT2D eigenvalue weighted by Gasteiger charge is 2.19. The number of rotatable bonds is 8. The molecule has 5 nitrogen and oxygen atoms in total. The SMILES string of the molecule is C=N/C(Nc1cccc(C)c1)=C(\C=N/CNC1CCCCC1C)C(=C)N. The minimum atomic E-state index is 0.405. The molecule has 1 saturated carbocycles. The number of allylic oxidation sites excluding steroid dienone is 1. The number of anilines is 1. The summed E-state index contributed by atoms with van der Waals surface area (Å²) in [4.78, 5) is 8.57.